The first-order valence-corrected chi connectivity index (χ1v) is 4.74. The number of ketones is 1. The smallest absolute Gasteiger partial charge is 0.159 e. The van der Waals surface area contributed by atoms with Gasteiger partial charge < -0.3 is 9.64 Å². The molecule has 0 spiro atoms. The predicted octanol–water partition coefficient (Wildman–Crippen LogP) is 1.06. The molecule has 0 aliphatic carbocycles. The zero-order valence-corrected chi connectivity index (χ0v) is 8.32. The van der Waals surface area contributed by atoms with E-state index in [-0.39, 0.29) is 11.7 Å². The van der Waals surface area contributed by atoms with E-state index in [2.05, 4.69) is 4.90 Å². The molecule has 1 rings (SSSR count). The summed E-state index contributed by atoms with van der Waals surface area (Å²) in [6, 6.07) is 0. The summed E-state index contributed by atoms with van der Waals surface area (Å²) in [7, 11) is 0. The van der Waals surface area contributed by atoms with Gasteiger partial charge in [-0.3, -0.25) is 4.79 Å². The highest BCUT2D eigenvalue weighted by molar-refractivity contribution is 5.91. The third kappa shape index (κ3) is 3.59. The number of hydrogen-bond donors (Lipinski definition) is 0. The van der Waals surface area contributed by atoms with Crippen LogP contribution in [0.25, 0.3) is 0 Å². The standard InChI is InChI=1S/C10H17NO2/c1-9(2)10(12)3-4-11-5-7-13-8-6-11/h3-4,9H,5-8H2,1-2H3/b4-3+. The molecule has 0 radical (unpaired) electrons. The largest absolute Gasteiger partial charge is 0.378 e. The first-order chi connectivity index (χ1) is 6.20. The summed E-state index contributed by atoms with van der Waals surface area (Å²) in [6.45, 7) is 7.13. The number of carbonyl (C=O) groups is 1. The molecule has 1 aliphatic heterocycles. The number of rotatable bonds is 3. The Morgan fingerprint density at radius 2 is 2.00 bits per heavy atom. The van der Waals surface area contributed by atoms with Crippen molar-refractivity contribution in [1.29, 1.82) is 0 Å². The molecule has 0 amide bonds. The van der Waals surface area contributed by atoms with Gasteiger partial charge in [-0.05, 0) is 6.08 Å². The van der Waals surface area contributed by atoms with Gasteiger partial charge in [-0.25, -0.2) is 0 Å². The van der Waals surface area contributed by atoms with Crippen LogP contribution in [0.15, 0.2) is 12.3 Å². The van der Waals surface area contributed by atoms with Gasteiger partial charge in [0.25, 0.3) is 0 Å². The Kier molecular flexibility index (Phi) is 3.96. The van der Waals surface area contributed by atoms with Gasteiger partial charge in [-0.15, -0.1) is 0 Å². The Labute approximate surface area is 79.4 Å². The minimum absolute atomic E-state index is 0.0947. The summed E-state index contributed by atoms with van der Waals surface area (Å²) in [5, 5.41) is 0. The first kappa shape index (κ1) is 10.3. The number of nitrogens with zero attached hydrogens (tertiary/aromatic N) is 1. The second kappa shape index (κ2) is 5.02. The quantitative estimate of drug-likeness (QED) is 0.613. The van der Waals surface area contributed by atoms with Crippen molar-refractivity contribution in [1.82, 2.24) is 4.90 Å². The van der Waals surface area contributed by atoms with Gasteiger partial charge >= 0.3 is 0 Å². The topological polar surface area (TPSA) is 29.5 Å². The summed E-state index contributed by atoms with van der Waals surface area (Å²) in [4.78, 5) is 13.4. The fraction of sp³-hybridized carbons (Fsp3) is 0.700. The summed E-state index contributed by atoms with van der Waals surface area (Å²) in [6.07, 6.45) is 3.54. The molecule has 1 aliphatic rings. The average molecular weight is 183 g/mol. The molecule has 74 valence electrons. The lowest BCUT2D eigenvalue weighted by Crippen LogP contribution is -2.32. The van der Waals surface area contributed by atoms with E-state index in [1.165, 1.54) is 0 Å². The molecule has 0 aromatic carbocycles. The Hall–Kier alpha value is -0.830. The number of allylic oxidation sites excluding steroid dienone is 1. The third-order valence-electron chi connectivity index (χ3n) is 2.06. The predicted molar refractivity (Wildman–Crippen MR) is 51.4 cm³/mol. The van der Waals surface area contributed by atoms with Crippen molar-refractivity contribution >= 4 is 5.78 Å². The van der Waals surface area contributed by atoms with Crippen LogP contribution in [-0.4, -0.2) is 37.0 Å². The molecule has 0 N–H and O–H groups in total. The Morgan fingerprint density at radius 3 is 2.54 bits per heavy atom. The molecule has 0 saturated carbocycles. The van der Waals surface area contributed by atoms with Crippen molar-refractivity contribution in [3.05, 3.63) is 12.3 Å². The van der Waals surface area contributed by atoms with Crippen LogP contribution in [0, 0.1) is 5.92 Å². The zero-order chi connectivity index (χ0) is 9.68. The summed E-state index contributed by atoms with van der Waals surface area (Å²) in [5.41, 5.74) is 0. The van der Waals surface area contributed by atoms with E-state index in [9.17, 15) is 4.79 Å². The van der Waals surface area contributed by atoms with E-state index in [1.54, 1.807) is 6.08 Å². The van der Waals surface area contributed by atoms with Crippen LogP contribution in [-0.2, 0) is 9.53 Å². The lowest BCUT2D eigenvalue weighted by Gasteiger charge is -2.24. The van der Waals surface area contributed by atoms with E-state index >= 15 is 0 Å². The van der Waals surface area contributed by atoms with Gasteiger partial charge in [-0.1, -0.05) is 13.8 Å². The zero-order valence-electron chi connectivity index (χ0n) is 8.32. The summed E-state index contributed by atoms with van der Waals surface area (Å²) in [5.74, 6) is 0.281. The molecule has 3 heteroatoms. The molecule has 1 heterocycles. The van der Waals surface area contributed by atoms with E-state index in [0.717, 1.165) is 26.3 Å². The number of morpholine rings is 1. The monoisotopic (exact) mass is 183 g/mol. The maximum atomic E-state index is 11.2. The molecule has 1 fully saturated rings. The number of hydrogen-bond acceptors (Lipinski definition) is 3. The van der Waals surface area contributed by atoms with Crippen molar-refractivity contribution < 1.29 is 9.53 Å². The van der Waals surface area contributed by atoms with E-state index in [4.69, 9.17) is 4.74 Å². The molecule has 13 heavy (non-hydrogen) atoms. The van der Waals surface area contributed by atoms with Crippen molar-refractivity contribution in [2.24, 2.45) is 5.92 Å². The molecular formula is C10H17NO2. The van der Waals surface area contributed by atoms with Gasteiger partial charge in [0.15, 0.2) is 5.78 Å². The fourth-order valence-electron chi connectivity index (χ4n) is 1.10. The van der Waals surface area contributed by atoms with Crippen LogP contribution in [0.5, 0.6) is 0 Å². The maximum absolute atomic E-state index is 11.2. The maximum Gasteiger partial charge on any atom is 0.159 e. The van der Waals surface area contributed by atoms with E-state index < -0.39 is 0 Å². The van der Waals surface area contributed by atoms with Gasteiger partial charge in [-0.2, -0.15) is 0 Å². The minimum atomic E-state index is 0.0947. The highest BCUT2D eigenvalue weighted by Gasteiger charge is 2.07. The Morgan fingerprint density at radius 1 is 1.38 bits per heavy atom. The van der Waals surface area contributed by atoms with Crippen molar-refractivity contribution in [3.8, 4) is 0 Å². The molecule has 0 unspecified atom stereocenters. The molecule has 0 aromatic heterocycles. The summed E-state index contributed by atoms with van der Waals surface area (Å²) < 4.78 is 5.19. The van der Waals surface area contributed by atoms with Gasteiger partial charge in [0.1, 0.15) is 0 Å². The van der Waals surface area contributed by atoms with Crippen molar-refractivity contribution in [2.45, 2.75) is 13.8 Å². The van der Waals surface area contributed by atoms with Gasteiger partial charge in [0.2, 0.25) is 0 Å². The Balaban J connectivity index is 2.33. The minimum Gasteiger partial charge on any atom is -0.378 e. The second-order valence-electron chi connectivity index (χ2n) is 3.52. The molecule has 1 saturated heterocycles. The molecule has 0 atom stereocenters. The lowest BCUT2D eigenvalue weighted by atomic mass is 10.1. The highest BCUT2D eigenvalue weighted by Crippen LogP contribution is 2.00. The first-order valence-electron chi connectivity index (χ1n) is 4.74. The molecule has 3 nitrogen and oxygen atoms in total. The SMILES string of the molecule is CC(C)C(=O)/C=C/N1CCOCC1. The molecule has 0 aromatic rings. The number of ether oxygens (including phenoxy) is 1. The number of carbonyl (C=O) groups excluding carboxylic acids is 1. The van der Waals surface area contributed by atoms with Crippen LogP contribution < -0.4 is 0 Å². The van der Waals surface area contributed by atoms with Crippen molar-refractivity contribution in [2.75, 3.05) is 26.3 Å². The van der Waals surface area contributed by atoms with E-state index in [1.807, 2.05) is 20.0 Å². The second-order valence-corrected chi connectivity index (χ2v) is 3.52. The van der Waals surface area contributed by atoms with Crippen molar-refractivity contribution in [3.63, 3.8) is 0 Å². The highest BCUT2D eigenvalue weighted by atomic mass is 16.5. The fourth-order valence-corrected chi connectivity index (χ4v) is 1.10. The molecule has 0 bridgehead atoms. The van der Waals surface area contributed by atoms with Crippen LogP contribution in [0.1, 0.15) is 13.8 Å². The normalized spacial score (nSPS) is 18.5. The van der Waals surface area contributed by atoms with Crippen LogP contribution in [0.2, 0.25) is 0 Å². The third-order valence-corrected chi connectivity index (χ3v) is 2.06. The van der Waals surface area contributed by atoms with Crippen LogP contribution >= 0.6 is 0 Å². The van der Waals surface area contributed by atoms with Gasteiger partial charge in [0.05, 0.1) is 13.2 Å². The summed E-state index contributed by atoms with van der Waals surface area (Å²) >= 11 is 0. The average Bonchev–Trinajstić information content (AvgIpc) is 2.15. The van der Waals surface area contributed by atoms with Crippen LogP contribution in [0.4, 0.5) is 0 Å². The lowest BCUT2D eigenvalue weighted by molar-refractivity contribution is -0.117. The van der Waals surface area contributed by atoms with Gasteiger partial charge in [0, 0.05) is 25.2 Å². The van der Waals surface area contributed by atoms with Crippen LogP contribution in [0.3, 0.4) is 0 Å². The molecular weight excluding hydrogens is 166 g/mol. The van der Waals surface area contributed by atoms with E-state index in [0.29, 0.717) is 0 Å². The Bertz CT molecular complexity index is 193.